The summed E-state index contributed by atoms with van der Waals surface area (Å²) in [4.78, 5) is 0. The molecule has 0 aromatic carbocycles. The fourth-order valence-electron chi connectivity index (χ4n) is 9.10. The Bertz CT molecular complexity index is 881. The van der Waals surface area contributed by atoms with Gasteiger partial charge in [0, 0.05) is 25.9 Å². The minimum Gasteiger partial charge on any atom is -0.416 e. The Kier molecular flexibility index (Phi) is 14.6. The van der Waals surface area contributed by atoms with Gasteiger partial charge >= 0.3 is 0 Å². The maximum atomic E-state index is 7.39. The van der Waals surface area contributed by atoms with E-state index in [9.17, 15) is 0 Å². The van der Waals surface area contributed by atoms with Crippen LogP contribution in [0.15, 0.2) is 12.2 Å². The van der Waals surface area contributed by atoms with E-state index in [4.69, 9.17) is 23.1 Å². The van der Waals surface area contributed by atoms with Crippen LogP contribution in [0.5, 0.6) is 0 Å². The Morgan fingerprint density at radius 1 is 0.886 bits per heavy atom. The van der Waals surface area contributed by atoms with Crippen LogP contribution in [0.3, 0.4) is 0 Å². The molecule has 0 amide bonds. The molecule has 3 fully saturated rings. The van der Waals surface area contributed by atoms with E-state index in [0.29, 0.717) is 16.6 Å². The number of alkyl halides is 1. The van der Waals surface area contributed by atoms with E-state index in [2.05, 4.69) is 98.4 Å². The average molecular weight is 765 g/mol. The summed E-state index contributed by atoms with van der Waals surface area (Å²) >= 11 is 2.46. The first-order valence-electron chi connectivity index (χ1n) is 18.3. The van der Waals surface area contributed by atoms with Crippen LogP contribution in [0.25, 0.3) is 0 Å². The van der Waals surface area contributed by atoms with Gasteiger partial charge in [-0.2, -0.15) is 0 Å². The lowest BCUT2D eigenvalue weighted by Crippen LogP contribution is -2.65. The summed E-state index contributed by atoms with van der Waals surface area (Å²) in [6.45, 7) is 28.7. The lowest BCUT2D eigenvalue weighted by molar-refractivity contribution is -0.398. The lowest BCUT2D eigenvalue weighted by Gasteiger charge is -2.55. The third-order valence-corrected chi connectivity index (χ3v) is 23.4. The van der Waals surface area contributed by atoms with Gasteiger partial charge in [0.15, 0.2) is 28.2 Å². The molecule has 5 nitrogen and oxygen atoms in total. The largest absolute Gasteiger partial charge is 0.416 e. The maximum absolute atomic E-state index is 7.39. The van der Waals surface area contributed by atoms with Gasteiger partial charge in [0.25, 0.3) is 0 Å². The van der Waals surface area contributed by atoms with Crippen molar-refractivity contribution < 1.29 is 23.1 Å². The zero-order chi connectivity index (χ0) is 32.8. The Morgan fingerprint density at radius 2 is 1.52 bits per heavy atom. The van der Waals surface area contributed by atoms with E-state index >= 15 is 0 Å². The molecule has 3 aliphatic rings. The molecule has 3 heterocycles. The minimum absolute atomic E-state index is 0.124. The third kappa shape index (κ3) is 8.46. The van der Waals surface area contributed by atoms with Crippen molar-refractivity contribution in [2.75, 3.05) is 11.0 Å². The second kappa shape index (κ2) is 16.4. The zero-order valence-electron chi connectivity index (χ0n) is 30.3. The van der Waals surface area contributed by atoms with Gasteiger partial charge in [0.1, 0.15) is 5.60 Å². The number of hydrogen-bond acceptors (Lipinski definition) is 5. The zero-order valence-corrected chi connectivity index (χ0v) is 34.5. The predicted molar refractivity (Wildman–Crippen MR) is 199 cm³/mol. The molecule has 0 N–H and O–H groups in total. The molecular weight excluding hydrogens is 695 g/mol. The van der Waals surface area contributed by atoms with Gasteiger partial charge in [-0.15, -0.1) is 0 Å². The van der Waals surface area contributed by atoms with Gasteiger partial charge in [-0.1, -0.05) is 97.1 Å². The van der Waals surface area contributed by atoms with Crippen LogP contribution in [0, 0.1) is 0 Å². The maximum Gasteiger partial charge on any atom is 0.200 e. The first-order valence-corrected chi connectivity index (χ1v) is 24.5. The molecule has 5 atom stereocenters. The van der Waals surface area contributed by atoms with Crippen molar-refractivity contribution in [3.8, 4) is 0 Å². The van der Waals surface area contributed by atoms with Crippen LogP contribution >= 0.6 is 22.6 Å². The second-order valence-electron chi connectivity index (χ2n) is 15.5. The normalized spacial score (nSPS) is 31.7. The Labute approximate surface area is 288 Å². The van der Waals surface area contributed by atoms with Crippen LogP contribution in [0.1, 0.15) is 140 Å². The summed E-state index contributed by atoms with van der Waals surface area (Å²) in [5.41, 5.74) is 2.61. The van der Waals surface area contributed by atoms with Crippen molar-refractivity contribution in [2.45, 2.75) is 204 Å². The molecule has 0 aliphatic carbocycles. The van der Waals surface area contributed by atoms with Crippen molar-refractivity contribution in [1.29, 1.82) is 0 Å². The van der Waals surface area contributed by atoms with E-state index in [-0.39, 0.29) is 12.2 Å². The molecule has 0 aromatic heterocycles. The van der Waals surface area contributed by atoms with Crippen LogP contribution in [0.4, 0.5) is 0 Å². The quantitative estimate of drug-likeness (QED) is 0.0639. The van der Waals surface area contributed by atoms with E-state index in [0.717, 1.165) is 88.9 Å². The Morgan fingerprint density at radius 3 is 2.09 bits per heavy atom. The van der Waals surface area contributed by atoms with Crippen LogP contribution in [-0.4, -0.2) is 57.1 Å². The average Bonchev–Trinajstić information content (AvgIpc) is 3.32. The van der Waals surface area contributed by atoms with E-state index in [1.807, 2.05) is 0 Å². The number of halogens is 1. The number of ether oxygens (including phenoxy) is 3. The van der Waals surface area contributed by atoms with Crippen LogP contribution in [0.2, 0.25) is 34.8 Å². The van der Waals surface area contributed by atoms with Crippen LogP contribution in [-0.2, 0) is 23.1 Å². The van der Waals surface area contributed by atoms with Crippen molar-refractivity contribution in [2.24, 2.45) is 0 Å². The van der Waals surface area contributed by atoms with Crippen molar-refractivity contribution >= 4 is 39.2 Å². The highest BCUT2D eigenvalue weighted by atomic mass is 127. The topological polar surface area (TPSA) is 46.2 Å². The molecule has 0 aromatic rings. The van der Waals surface area contributed by atoms with E-state index in [1.165, 1.54) is 16.4 Å². The van der Waals surface area contributed by atoms with Crippen molar-refractivity contribution in [3.05, 3.63) is 12.2 Å². The molecule has 0 saturated carbocycles. The van der Waals surface area contributed by atoms with Gasteiger partial charge in [-0.05, 0) is 97.5 Å². The molecule has 0 unspecified atom stereocenters. The smallest absolute Gasteiger partial charge is 0.200 e. The first-order chi connectivity index (χ1) is 20.7. The van der Waals surface area contributed by atoms with Crippen molar-refractivity contribution in [3.63, 3.8) is 0 Å². The highest BCUT2D eigenvalue weighted by molar-refractivity contribution is 14.1. The van der Waals surface area contributed by atoms with Gasteiger partial charge in [-0.25, -0.2) is 0 Å². The van der Waals surface area contributed by atoms with Gasteiger partial charge in [0.05, 0.1) is 12.2 Å². The minimum atomic E-state index is -1.91. The molecule has 0 radical (unpaired) electrons. The standard InChI is InChI=1S/C36H69IO5Si2/c1-12-43(13-2,14-3)42-34(11)22-19-33(27-31(10)17-16-25-37)40-36(34)24-23-35(41-36)21-15-18-32(39-35)20-26-38-44(28(4)5,29(6)7)30(8)9/h28-30,32-33H,10,12-27H2,1-9,11H3/t32-,33+,34-,35-,36-/m1/s1. The molecule has 3 saturated heterocycles. The Hall–Kier alpha value is 0.704. The SMILES string of the molecule is C=C(CCCI)C[C@@H]1CC[C@@](C)(O[Si](CC)(CC)CC)[C@]2(CC[C@@]3(CCC[C@H](CCO[Si](C(C)C)(C(C)C)C(C)C)O3)O2)O1. The fraction of sp³-hybridized carbons (Fsp3) is 0.944. The first kappa shape index (κ1) is 39.1. The predicted octanol–water partition coefficient (Wildman–Crippen LogP) is 11.5. The van der Waals surface area contributed by atoms with Gasteiger partial charge < -0.3 is 23.1 Å². The summed E-state index contributed by atoms with van der Waals surface area (Å²) in [7, 11) is -3.81. The van der Waals surface area contributed by atoms with E-state index < -0.39 is 33.8 Å². The molecule has 258 valence electrons. The summed E-state index contributed by atoms with van der Waals surface area (Å²) in [5.74, 6) is -1.37. The molecular formula is C36H69IO5Si2. The second-order valence-corrected chi connectivity index (χ2v) is 26.7. The summed E-state index contributed by atoms with van der Waals surface area (Å²) in [6, 6.07) is 3.37. The summed E-state index contributed by atoms with van der Waals surface area (Å²) in [5, 5.41) is 0. The molecule has 3 rings (SSSR count). The molecule has 2 spiro atoms. The molecule has 3 aliphatic heterocycles. The number of rotatable bonds is 17. The molecule has 0 bridgehead atoms. The summed E-state index contributed by atoms with van der Waals surface area (Å²) < 4.78 is 37.0. The number of hydrogen-bond donors (Lipinski definition) is 0. The molecule has 8 heteroatoms. The van der Waals surface area contributed by atoms with Gasteiger partial charge in [0.2, 0.25) is 0 Å². The highest BCUT2D eigenvalue weighted by Crippen LogP contribution is 2.56. The fourth-order valence-corrected chi connectivity index (χ4v) is 18.1. The van der Waals surface area contributed by atoms with Gasteiger partial charge in [-0.3, -0.25) is 0 Å². The van der Waals surface area contributed by atoms with E-state index in [1.54, 1.807) is 0 Å². The summed E-state index contributed by atoms with van der Waals surface area (Å²) in [6.07, 6.45) is 11.2. The van der Waals surface area contributed by atoms with Crippen molar-refractivity contribution in [1.82, 2.24) is 0 Å². The molecule has 44 heavy (non-hydrogen) atoms. The third-order valence-electron chi connectivity index (χ3n) is 11.8. The van der Waals surface area contributed by atoms with Crippen LogP contribution < -0.4 is 0 Å². The Balaban J connectivity index is 1.80. The highest BCUT2D eigenvalue weighted by Gasteiger charge is 2.65. The lowest BCUT2D eigenvalue weighted by atomic mass is 9.82. The monoisotopic (exact) mass is 764 g/mol.